The molecule has 212 valence electrons. The van der Waals surface area contributed by atoms with Gasteiger partial charge in [-0.1, -0.05) is 30.3 Å². The maximum Gasteiger partial charge on any atom is 0.264 e. The van der Waals surface area contributed by atoms with Gasteiger partial charge in [-0.25, -0.2) is 18.2 Å². The summed E-state index contributed by atoms with van der Waals surface area (Å²) in [6, 6.07) is 25.7. The van der Waals surface area contributed by atoms with Crippen molar-refractivity contribution in [1.29, 1.82) is 0 Å². The molecule has 0 aliphatic carbocycles. The second-order valence-corrected chi connectivity index (χ2v) is 10.5. The number of carbonyl (C=O) groups is 1. The number of hydrogen-bond acceptors (Lipinski definition) is 7. The van der Waals surface area contributed by atoms with Crippen LogP contribution in [0.3, 0.4) is 0 Å². The van der Waals surface area contributed by atoms with E-state index in [1.807, 2.05) is 30.3 Å². The summed E-state index contributed by atoms with van der Waals surface area (Å²) in [5.41, 5.74) is 4.16. The molecule has 41 heavy (non-hydrogen) atoms. The van der Waals surface area contributed by atoms with Crippen molar-refractivity contribution in [2.24, 2.45) is 5.10 Å². The van der Waals surface area contributed by atoms with E-state index in [1.54, 1.807) is 24.3 Å². The minimum Gasteiger partial charge on any atom is -0.493 e. The van der Waals surface area contributed by atoms with Crippen molar-refractivity contribution in [3.63, 3.8) is 0 Å². The van der Waals surface area contributed by atoms with Crippen LogP contribution in [0.1, 0.15) is 11.1 Å². The molecule has 4 aromatic carbocycles. The van der Waals surface area contributed by atoms with Crippen LogP contribution in [-0.4, -0.2) is 41.3 Å². The van der Waals surface area contributed by atoms with E-state index in [1.165, 1.54) is 50.8 Å². The molecule has 0 saturated heterocycles. The molecule has 1 N–H and O–H groups in total. The van der Waals surface area contributed by atoms with Crippen LogP contribution >= 0.6 is 0 Å². The molecule has 0 radical (unpaired) electrons. The molecule has 0 unspecified atom stereocenters. The van der Waals surface area contributed by atoms with Gasteiger partial charge in [-0.2, -0.15) is 5.10 Å². The number of amides is 1. The predicted molar refractivity (Wildman–Crippen MR) is 153 cm³/mol. The fourth-order valence-corrected chi connectivity index (χ4v) is 5.20. The normalized spacial score (nSPS) is 11.2. The maximum absolute atomic E-state index is 13.6. The number of carbonyl (C=O) groups excluding carboxylic acids is 1. The molecule has 1 amide bonds. The van der Waals surface area contributed by atoms with Crippen LogP contribution in [0.2, 0.25) is 0 Å². The number of sulfonamides is 1. The number of methoxy groups -OCH3 is 2. The van der Waals surface area contributed by atoms with Crippen LogP contribution in [0.5, 0.6) is 17.2 Å². The number of halogens is 1. The number of benzene rings is 4. The number of anilines is 1. The molecule has 0 saturated carbocycles. The quantitative estimate of drug-likeness (QED) is 0.192. The van der Waals surface area contributed by atoms with E-state index in [0.29, 0.717) is 23.7 Å². The lowest BCUT2D eigenvalue weighted by atomic mass is 10.2. The first kappa shape index (κ1) is 29.1. The fourth-order valence-electron chi connectivity index (χ4n) is 3.76. The van der Waals surface area contributed by atoms with E-state index in [2.05, 4.69) is 10.5 Å². The number of hydrazone groups is 1. The highest BCUT2D eigenvalue weighted by Crippen LogP contribution is 2.32. The Balaban J connectivity index is 1.45. The van der Waals surface area contributed by atoms with Crippen molar-refractivity contribution in [2.75, 3.05) is 25.1 Å². The van der Waals surface area contributed by atoms with Gasteiger partial charge in [-0.15, -0.1) is 0 Å². The van der Waals surface area contributed by atoms with Crippen LogP contribution in [0.4, 0.5) is 10.1 Å². The number of nitrogens with one attached hydrogen (secondary N) is 1. The maximum atomic E-state index is 13.6. The van der Waals surface area contributed by atoms with Gasteiger partial charge in [-0.3, -0.25) is 9.10 Å². The van der Waals surface area contributed by atoms with Crippen LogP contribution in [0, 0.1) is 5.82 Å². The molecule has 4 aromatic rings. The first-order chi connectivity index (χ1) is 19.8. The summed E-state index contributed by atoms with van der Waals surface area (Å²) < 4.78 is 57.8. The Bertz CT molecular complexity index is 1600. The van der Waals surface area contributed by atoms with Gasteiger partial charge < -0.3 is 14.2 Å². The van der Waals surface area contributed by atoms with Crippen molar-refractivity contribution >= 4 is 27.8 Å². The highest BCUT2D eigenvalue weighted by Gasteiger charge is 2.28. The lowest BCUT2D eigenvalue weighted by Gasteiger charge is -2.24. The lowest BCUT2D eigenvalue weighted by molar-refractivity contribution is -0.119. The molecule has 0 aliphatic rings. The third-order valence-corrected chi connectivity index (χ3v) is 7.65. The van der Waals surface area contributed by atoms with E-state index < -0.39 is 28.3 Å². The van der Waals surface area contributed by atoms with E-state index in [-0.39, 0.29) is 16.3 Å². The Morgan fingerprint density at radius 3 is 2.24 bits per heavy atom. The van der Waals surface area contributed by atoms with Crippen molar-refractivity contribution in [2.45, 2.75) is 11.5 Å². The van der Waals surface area contributed by atoms with Gasteiger partial charge >= 0.3 is 0 Å². The van der Waals surface area contributed by atoms with E-state index in [4.69, 9.17) is 14.2 Å². The van der Waals surface area contributed by atoms with Crippen molar-refractivity contribution in [1.82, 2.24) is 5.43 Å². The second-order valence-electron chi connectivity index (χ2n) is 8.64. The molecule has 4 rings (SSSR count). The minimum atomic E-state index is -4.28. The molecule has 11 heteroatoms. The monoisotopic (exact) mass is 577 g/mol. The third-order valence-electron chi connectivity index (χ3n) is 5.88. The number of hydrogen-bond donors (Lipinski definition) is 1. The summed E-state index contributed by atoms with van der Waals surface area (Å²) in [6.45, 7) is -0.187. The molecule has 0 fully saturated rings. The average Bonchev–Trinajstić information content (AvgIpc) is 3.00. The standard InChI is InChI=1S/C30H28FN3O6S/c1-38-28-17-16-27(18-29(28)39-2)41(36,37)34(25-12-10-24(31)11-13-25)20-30(35)33-32-19-22-8-14-26(15-9-22)40-21-23-6-4-3-5-7-23/h3-19H,20-21H2,1-2H3,(H,33,35)/b32-19-. The van der Waals surface area contributed by atoms with Crippen LogP contribution in [0.25, 0.3) is 0 Å². The Labute approximate surface area is 237 Å². The molecular weight excluding hydrogens is 549 g/mol. The summed E-state index contributed by atoms with van der Waals surface area (Å²) >= 11 is 0. The smallest absolute Gasteiger partial charge is 0.264 e. The van der Waals surface area contributed by atoms with E-state index >= 15 is 0 Å². The third kappa shape index (κ3) is 7.61. The fraction of sp³-hybridized carbons (Fsp3) is 0.133. The zero-order valence-electron chi connectivity index (χ0n) is 22.4. The van der Waals surface area contributed by atoms with Gasteiger partial charge in [-0.05, 0) is 71.8 Å². The summed E-state index contributed by atoms with van der Waals surface area (Å²) in [5, 5.41) is 3.95. The Morgan fingerprint density at radius 2 is 1.59 bits per heavy atom. The highest BCUT2D eigenvalue weighted by atomic mass is 32.2. The number of ether oxygens (including phenoxy) is 3. The average molecular weight is 578 g/mol. The summed E-state index contributed by atoms with van der Waals surface area (Å²) in [4.78, 5) is 12.6. The second kappa shape index (κ2) is 13.4. The first-order valence-electron chi connectivity index (χ1n) is 12.4. The molecule has 0 heterocycles. The SMILES string of the molecule is COc1ccc(S(=O)(=O)N(CC(=O)N/N=C\c2ccc(OCc3ccccc3)cc2)c2ccc(F)cc2)cc1OC. The Morgan fingerprint density at radius 1 is 0.902 bits per heavy atom. The molecule has 0 aliphatic heterocycles. The summed E-state index contributed by atoms with van der Waals surface area (Å²) in [6.07, 6.45) is 1.42. The van der Waals surface area contributed by atoms with Gasteiger partial charge in [0.1, 0.15) is 24.7 Å². The highest BCUT2D eigenvalue weighted by molar-refractivity contribution is 7.92. The zero-order valence-corrected chi connectivity index (χ0v) is 23.2. The van der Waals surface area contributed by atoms with Crippen molar-refractivity contribution < 1.29 is 31.8 Å². The lowest BCUT2D eigenvalue weighted by Crippen LogP contribution is -2.39. The topological polar surface area (TPSA) is 107 Å². The van der Waals surface area contributed by atoms with Gasteiger partial charge in [0, 0.05) is 6.07 Å². The first-order valence-corrected chi connectivity index (χ1v) is 13.8. The van der Waals surface area contributed by atoms with Gasteiger partial charge in [0.2, 0.25) is 0 Å². The van der Waals surface area contributed by atoms with Crippen LogP contribution in [0.15, 0.2) is 107 Å². The Hall–Kier alpha value is -4.90. The number of nitrogens with zero attached hydrogens (tertiary/aromatic N) is 2. The van der Waals surface area contributed by atoms with Gasteiger partial charge in [0.05, 0.1) is 31.0 Å². The van der Waals surface area contributed by atoms with Crippen molar-refractivity contribution in [3.8, 4) is 17.2 Å². The van der Waals surface area contributed by atoms with Gasteiger partial charge in [0.25, 0.3) is 15.9 Å². The van der Waals surface area contributed by atoms with E-state index in [0.717, 1.165) is 22.0 Å². The van der Waals surface area contributed by atoms with Gasteiger partial charge in [0.15, 0.2) is 11.5 Å². The Kier molecular flexibility index (Phi) is 9.54. The van der Waals surface area contributed by atoms with Crippen LogP contribution in [-0.2, 0) is 21.4 Å². The molecule has 0 spiro atoms. The molecule has 0 aromatic heterocycles. The summed E-state index contributed by atoms with van der Waals surface area (Å²) in [7, 11) is -1.47. The molecule has 0 atom stereocenters. The summed E-state index contributed by atoms with van der Waals surface area (Å²) in [5.74, 6) is -0.0636. The molecule has 9 nitrogen and oxygen atoms in total. The number of rotatable bonds is 12. The molecular formula is C30H28FN3O6S. The minimum absolute atomic E-state index is 0.0893. The zero-order chi connectivity index (χ0) is 29.2. The van der Waals surface area contributed by atoms with Crippen molar-refractivity contribution in [3.05, 3.63) is 114 Å². The molecule has 0 bridgehead atoms. The predicted octanol–water partition coefficient (Wildman–Crippen LogP) is 4.77. The van der Waals surface area contributed by atoms with Crippen LogP contribution < -0.4 is 23.9 Å². The largest absolute Gasteiger partial charge is 0.493 e. The van der Waals surface area contributed by atoms with E-state index in [9.17, 15) is 17.6 Å².